The topological polar surface area (TPSA) is 85.8 Å². The number of hydrogen-bond donors (Lipinski definition) is 1. The number of fused-ring (bicyclic) bond motifs is 1. The van der Waals surface area contributed by atoms with Crippen LogP contribution in [0.4, 0.5) is 5.82 Å². The molecule has 0 fully saturated rings. The van der Waals surface area contributed by atoms with Crippen LogP contribution < -0.4 is 5.32 Å². The first-order chi connectivity index (χ1) is 13.4. The summed E-state index contributed by atoms with van der Waals surface area (Å²) in [5, 5.41) is 11.8. The van der Waals surface area contributed by atoms with Crippen molar-refractivity contribution in [2.45, 2.75) is 33.7 Å². The van der Waals surface area contributed by atoms with Gasteiger partial charge in [-0.05, 0) is 39.3 Å². The zero-order chi connectivity index (χ0) is 19.8. The molecule has 0 aliphatic rings. The molecule has 1 amide bonds. The zero-order valence-corrected chi connectivity index (χ0v) is 16.2. The number of carbonyl (C=O) groups excluding carboxylic acids is 1. The van der Waals surface area contributed by atoms with Gasteiger partial charge in [0, 0.05) is 17.7 Å². The normalized spacial score (nSPS) is 11.3. The van der Waals surface area contributed by atoms with Gasteiger partial charge in [-0.25, -0.2) is 9.67 Å². The molecule has 0 aliphatic carbocycles. The van der Waals surface area contributed by atoms with Crippen molar-refractivity contribution in [2.75, 3.05) is 5.32 Å². The largest absolute Gasteiger partial charge is 0.360 e. The summed E-state index contributed by atoms with van der Waals surface area (Å²) in [7, 11) is 0. The molecule has 7 nitrogen and oxygen atoms in total. The van der Waals surface area contributed by atoms with E-state index in [1.165, 1.54) is 0 Å². The molecule has 0 atom stereocenters. The third kappa shape index (κ3) is 3.15. The Balaban J connectivity index is 1.89. The Morgan fingerprint density at radius 1 is 1.18 bits per heavy atom. The Hall–Kier alpha value is -3.48. The number of carbonyl (C=O) groups is 1. The van der Waals surface area contributed by atoms with E-state index < -0.39 is 0 Å². The van der Waals surface area contributed by atoms with E-state index in [9.17, 15) is 4.79 Å². The number of aromatic nitrogens is 4. The molecule has 0 spiro atoms. The molecule has 7 heteroatoms. The number of hydrogen-bond acceptors (Lipinski definition) is 5. The van der Waals surface area contributed by atoms with E-state index in [4.69, 9.17) is 9.51 Å². The molecule has 1 N–H and O–H groups in total. The van der Waals surface area contributed by atoms with Crippen LogP contribution in [-0.4, -0.2) is 25.8 Å². The quantitative estimate of drug-likeness (QED) is 0.566. The molecule has 0 unspecified atom stereocenters. The summed E-state index contributed by atoms with van der Waals surface area (Å²) >= 11 is 0. The molecule has 0 radical (unpaired) electrons. The van der Waals surface area contributed by atoms with E-state index in [1.807, 2.05) is 49.7 Å². The van der Waals surface area contributed by atoms with Crippen molar-refractivity contribution in [3.63, 3.8) is 0 Å². The molecule has 3 heterocycles. The lowest BCUT2D eigenvalue weighted by atomic mass is 10.0. The Bertz CT molecular complexity index is 1170. The second kappa shape index (κ2) is 6.92. The third-order valence-electron chi connectivity index (χ3n) is 4.59. The number of pyridine rings is 1. The highest BCUT2D eigenvalue weighted by Crippen LogP contribution is 2.28. The van der Waals surface area contributed by atoms with Gasteiger partial charge in [0.2, 0.25) is 0 Å². The Morgan fingerprint density at radius 3 is 2.64 bits per heavy atom. The standard InChI is InChI=1S/C21H21N5O2/c1-12(2)26-20-17(11-22-26)16(21(27)24-19-9-14(4)28-25-19)10-18(23-20)15-8-6-5-7-13(15)3/h5-12H,1-4H3,(H,24,25,27). The van der Waals surface area contributed by atoms with Crippen molar-refractivity contribution in [1.82, 2.24) is 19.9 Å². The summed E-state index contributed by atoms with van der Waals surface area (Å²) in [6.45, 7) is 7.87. The van der Waals surface area contributed by atoms with Crippen LogP contribution in [0.3, 0.4) is 0 Å². The number of amides is 1. The van der Waals surface area contributed by atoms with Crippen LogP contribution >= 0.6 is 0 Å². The molecule has 0 bridgehead atoms. The minimum atomic E-state index is -0.279. The van der Waals surface area contributed by atoms with Crippen LogP contribution in [0, 0.1) is 13.8 Å². The summed E-state index contributed by atoms with van der Waals surface area (Å²) in [5.41, 5.74) is 3.97. The minimum Gasteiger partial charge on any atom is -0.360 e. The van der Waals surface area contributed by atoms with Gasteiger partial charge >= 0.3 is 0 Å². The van der Waals surface area contributed by atoms with Crippen molar-refractivity contribution in [3.05, 3.63) is 59.5 Å². The molecule has 28 heavy (non-hydrogen) atoms. The van der Waals surface area contributed by atoms with Crippen molar-refractivity contribution >= 4 is 22.8 Å². The first kappa shape index (κ1) is 17.9. The second-order valence-electron chi connectivity index (χ2n) is 7.07. The Morgan fingerprint density at radius 2 is 1.96 bits per heavy atom. The smallest absolute Gasteiger partial charge is 0.257 e. The van der Waals surface area contributed by atoms with Gasteiger partial charge in [-0.1, -0.05) is 29.4 Å². The van der Waals surface area contributed by atoms with E-state index in [1.54, 1.807) is 25.3 Å². The first-order valence-corrected chi connectivity index (χ1v) is 9.13. The summed E-state index contributed by atoms with van der Waals surface area (Å²) in [6.07, 6.45) is 1.69. The van der Waals surface area contributed by atoms with Crippen LogP contribution in [0.25, 0.3) is 22.3 Å². The number of nitrogens with zero attached hydrogens (tertiary/aromatic N) is 4. The molecule has 1 aromatic carbocycles. The molecule has 4 rings (SSSR count). The van der Waals surface area contributed by atoms with Gasteiger partial charge in [0.05, 0.1) is 22.8 Å². The van der Waals surface area contributed by atoms with Crippen molar-refractivity contribution < 1.29 is 9.32 Å². The van der Waals surface area contributed by atoms with Gasteiger partial charge < -0.3 is 9.84 Å². The molecular formula is C21H21N5O2. The highest BCUT2D eigenvalue weighted by molar-refractivity contribution is 6.12. The number of aryl methyl sites for hydroxylation is 2. The molecule has 142 valence electrons. The van der Waals surface area contributed by atoms with Gasteiger partial charge in [0.1, 0.15) is 5.76 Å². The Labute approximate surface area is 162 Å². The highest BCUT2D eigenvalue weighted by Gasteiger charge is 2.20. The summed E-state index contributed by atoms with van der Waals surface area (Å²) < 4.78 is 6.87. The van der Waals surface area contributed by atoms with E-state index in [0.29, 0.717) is 28.2 Å². The zero-order valence-electron chi connectivity index (χ0n) is 16.2. The number of nitrogens with one attached hydrogen (secondary N) is 1. The van der Waals surface area contributed by atoms with Gasteiger partial charge in [-0.3, -0.25) is 4.79 Å². The SMILES string of the molecule is Cc1cc(NC(=O)c2cc(-c3ccccc3C)nc3c2cnn3C(C)C)no1. The number of anilines is 1. The fraction of sp³-hybridized carbons (Fsp3) is 0.238. The van der Waals surface area contributed by atoms with Crippen molar-refractivity contribution in [3.8, 4) is 11.3 Å². The minimum absolute atomic E-state index is 0.117. The average Bonchev–Trinajstić information content (AvgIpc) is 3.27. The van der Waals surface area contributed by atoms with Crippen molar-refractivity contribution in [1.29, 1.82) is 0 Å². The lowest BCUT2D eigenvalue weighted by molar-refractivity contribution is 0.102. The van der Waals surface area contributed by atoms with E-state index in [0.717, 1.165) is 16.8 Å². The van der Waals surface area contributed by atoms with Crippen LogP contribution in [0.5, 0.6) is 0 Å². The molecule has 0 aliphatic heterocycles. The fourth-order valence-electron chi connectivity index (χ4n) is 3.19. The maximum Gasteiger partial charge on any atom is 0.257 e. The van der Waals surface area contributed by atoms with Gasteiger partial charge in [-0.2, -0.15) is 5.10 Å². The molecule has 3 aromatic heterocycles. The van der Waals surface area contributed by atoms with Gasteiger partial charge in [0.25, 0.3) is 5.91 Å². The summed E-state index contributed by atoms with van der Waals surface area (Å²) in [4.78, 5) is 17.9. The number of rotatable bonds is 4. The van der Waals surface area contributed by atoms with Crippen molar-refractivity contribution in [2.24, 2.45) is 0 Å². The molecule has 0 saturated carbocycles. The molecule has 4 aromatic rings. The maximum atomic E-state index is 13.0. The first-order valence-electron chi connectivity index (χ1n) is 9.13. The second-order valence-corrected chi connectivity index (χ2v) is 7.07. The predicted octanol–water partition coefficient (Wildman–Crippen LogP) is 4.54. The van der Waals surface area contributed by atoms with Gasteiger partial charge in [-0.15, -0.1) is 0 Å². The monoisotopic (exact) mass is 375 g/mol. The van der Waals surface area contributed by atoms with E-state index in [2.05, 4.69) is 15.6 Å². The van der Waals surface area contributed by atoms with Crippen LogP contribution in [0.15, 0.2) is 47.1 Å². The number of benzene rings is 1. The predicted molar refractivity (Wildman–Crippen MR) is 107 cm³/mol. The van der Waals surface area contributed by atoms with Crippen LogP contribution in [-0.2, 0) is 0 Å². The fourth-order valence-corrected chi connectivity index (χ4v) is 3.19. The molecule has 0 saturated heterocycles. The van der Waals surface area contributed by atoms with Gasteiger partial charge in [0.15, 0.2) is 11.5 Å². The molecular weight excluding hydrogens is 354 g/mol. The third-order valence-corrected chi connectivity index (χ3v) is 4.59. The van der Waals surface area contributed by atoms with Crippen LogP contribution in [0.2, 0.25) is 0 Å². The van der Waals surface area contributed by atoms with E-state index in [-0.39, 0.29) is 11.9 Å². The summed E-state index contributed by atoms with van der Waals surface area (Å²) in [6, 6.07) is 11.6. The van der Waals surface area contributed by atoms with E-state index >= 15 is 0 Å². The summed E-state index contributed by atoms with van der Waals surface area (Å²) in [5.74, 6) is 0.725. The lowest BCUT2D eigenvalue weighted by Gasteiger charge is -2.11. The highest BCUT2D eigenvalue weighted by atomic mass is 16.5. The average molecular weight is 375 g/mol. The van der Waals surface area contributed by atoms with Crippen LogP contribution in [0.1, 0.15) is 41.6 Å². The lowest BCUT2D eigenvalue weighted by Crippen LogP contribution is -2.13. The maximum absolute atomic E-state index is 13.0. The Kier molecular flexibility index (Phi) is 4.43.